The molecule has 1 amide bonds. The van der Waals surface area contributed by atoms with Gasteiger partial charge in [0.15, 0.2) is 0 Å². The second-order valence-electron chi connectivity index (χ2n) is 8.38. The number of carbonyl (C=O) groups is 1. The highest BCUT2D eigenvalue weighted by atomic mass is 79.9. The third-order valence-corrected chi connectivity index (χ3v) is 8.28. The Labute approximate surface area is 197 Å². The van der Waals surface area contributed by atoms with Gasteiger partial charge in [0, 0.05) is 55.5 Å². The summed E-state index contributed by atoms with van der Waals surface area (Å²) >= 11 is 3.32. The molecule has 2 aliphatic rings. The predicted molar refractivity (Wildman–Crippen MR) is 126 cm³/mol. The van der Waals surface area contributed by atoms with Gasteiger partial charge in [-0.1, -0.05) is 15.9 Å². The van der Waals surface area contributed by atoms with Crippen LogP contribution in [0.1, 0.15) is 25.7 Å². The molecular formula is C22H28BrN5O3S. The van der Waals surface area contributed by atoms with Crippen molar-refractivity contribution in [2.24, 2.45) is 11.8 Å². The van der Waals surface area contributed by atoms with Crippen molar-refractivity contribution in [1.29, 1.82) is 0 Å². The largest absolute Gasteiger partial charge is 0.339 e. The Morgan fingerprint density at radius 2 is 1.62 bits per heavy atom. The molecule has 1 saturated heterocycles. The van der Waals surface area contributed by atoms with Gasteiger partial charge in [0.05, 0.1) is 4.90 Å². The number of hydrogen-bond acceptors (Lipinski definition) is 6. The number of nitrogens with one attached hydrogen (secondary N) is 1. The zero-order chi connectivity index (χ0) is 22.6. The van der Waals surface area contributed by atoms with E-state index in [1.54, 1.807) is 42.7 Å². The fraction of sp³-hybridized carbons (Fsp3) is 0.500. The van der Waals surface area contributed by atoms with Crippen molar-refractivity contribution in [2.45, 2.75) is 30.6 Å². The molecule has 0 unspecified atom stereocenters. The number of halogens is 1. The molecule has 0 bridgehead atoms. The average Bonchev–Trinajstić information content (AvgIpc) is 2.84. The number of amides is 1. The highest BCUT2D eigenvalue weighted by Gasteiger charge is 2.32. The number of nitrogens with zero attached hydrogens (tertiary/aromatic N) is 4. The number of hydrogen-bond donors (Lipinski definition) is 1. The molecule has 1 aromatic carbocycles. The summed E-state index contributed by atoms with van der Waals surface area (Å²) in [6.07, 6.45) is 6.81. The highest BCUT2D eigenvalue weighted by molar-refractivity contribution is 9.10. The average molecular weight is 522 g/mol. The van der Waals surface area contributed by atoms with Gasteiger partial charge in [0.2, 0.25) is 21.9 Å². The molecule has 4 rings (SSSR count). The highest BCUT2D eigenvalue weighted by Crippen LogP contribution is 2.30. The van der Waals surface area contributed by atoms with Crippen LogP contribution in [0.4, 0.5) is 5.95 Å². The number of anilines is 1. The number of aromatic nitrogens is 2. The predicted octanol–water partition coefficient (Wildman–Crippen LogP) is 2.67. The second kappa shape index (κ2) is 10.3. The second-order valence-corrected chi connectivity index (χ2v) is 11.1. The van der Waals surface area contributed by atoms with Crippen LogP contribution in [0.2, 0.25) is 0 Å². The van der Waals surface area contributed by atoms with E-state index in [1.807, 2.05) is 4.90 Å². The van der Waals surface area contributed by atoms with Crippen LogP contribution in [0.5, 0.6) is 0 Å². The van der Waals surface area contributed by atoms with Gasteiger partial charge in [-0.25, -0.2) is 23.1 Å². The Hall–Kier alpha value is -2.04. The summed E-state index contributed by atoms with van der Waals surface area (Å²) in [7, 11) is -3.51. The van der Waals surface area contributed by atoms with Crippen LogP contribution in [0.25, 0.3) is 0 Å². The lowest BCUT2D eigenvalue weighted by molar-refractivity contribution is -0.137. The van der Waals surface area contributed by atoms with Crippen LogP contribution < -0.4 is 9.62 Å². The number of sulfonamides is 1. The standard InChI is InChI=1S/C22H28BrN5O3S/c23-19-6-8-20(9-7-19)32(30,31)26-16-17-2-4-18(5-3-17)21(29)27-12-14-28(15-13-27)22-24-10-1-11-25-22/h1,6-11,17-18,26H,2-5,12-16H2. The topological polar surface area (TPSA) is 95.5 Å². The molecule has 10 heteroatoms. The Morgan fingerprint density at radius 1 is 1.00 bits per heavy atom. The van der Waals surface area contributed by atoms with Crippen molar-refractivity contribution >= 4 is 37.8 Å². The first-order chi connectivity index (χ1) is 15.4. The number of benzene rings is 1. The number of rotatable bonds is 6. The van der Waals surface area contributed by atoms with Gasteiger partial charge >= 0.3 is 0 Å². The molecule has 1 aromatic heterocycles. The van der Waals surface area contributed by atoms with Crippen LogP contribution in [0.3, 0.4) is 0 Å². The van der Waals surface area contributed by atoms with E-state index >= 15 is 0 Å². The third kappa shape index (κ3) is 5.65. The van der Waals surface area contributed by atoms with Gasteiger partial charge in [-0.3, -0.25) is 4.79 Å². The molecular weight excluding hydrogens is 494 g/mol. The molecule has 2 aromatic rings. The van der Waals surface area contributed by atoms with Gasteiger partial charge in [0.1, 0.15) is 0 Å². The van der Waals surface area contributed by atoms with Crippen LogP contribution >= 0.6 is 15.9 Å². The lowest BCUT2D eigenvalue weighted by atomic mass is 9.81. The maximum atomic E-state index is 13.0. The van der Waals surface area contributed by atoms with Crippen molar-refractivity contribution in [1.82, 2.24) is 19.6 Å². The number of carbonyl (C=O) groups excluding carboxylic acids is 1. The van der Waals surface area contributed by atoms with Crippen molar-refractivity contribution in [2.75, 3.05) is 37.6 Å². The van der Waals surface area contributed by atoms with E-state index < -0.39 is 10.0 Å². The lowest BCUT2D eigenvalue weighted by Crippen LogP contribution is -2.51. The minimum absolute atomic E-state index is 0.0360. The van der Waals surface area contributed by atoms with E-state index in [0.717, 1.165) is 43.2 Å². The Kier molecular flexibility index (Phi) is 7.42. The smallest absolute Gasteiger partial charge is 0.240 e. The maximum absolute atomic E-state index is 13.0. The first-order valence-electron chi connectivity index (χ1n) is 11.0. The third-order valence-electron chi connectivity index (χ3n) is 6.31. The van der Waals surface area contributed by atoms with Gasteiger partial charge in [-0.05, 0) is 61.9 Å². The molecule has 8 nitrogen and oxygen atoms in total. The summed E-state index contributed by atoms with van der Waals surface area (Å²) in [5.41, 5.74) is 0. The van der Waals surface area contributed by atoms with Crippen LogP contribution in [-0.4, -0.2) is 61.9 Å². The van der Waals surface area contributed by atoms with Crippen molar-refractivity contribution in [3.05, 3.63) is 47.2 Å². The summed E-state index contributed by atoms with van der Waals surface area (Å²) < 4.78 is 28.6. The van der Waals surface area contributed by atoms with E-state index in [1.165, 1.54) is 0 Å². The first kappa shape index (κ1) is 23.1. The Bertz CT molecular complexity index is 1000. The van der Waals surface area contributed by atoms with E-state index in [9.17, 15) is 13.2 Å². The van der Waals surface area contributed by atoms with Gasteiger partial charge in [0.25, 0.3) is 0 Å². The molecule has 1 N–H and O–H groups in total. The quantitative estimate of drug-likeness (QED) is 0.627. The van der Waals surface area contributed by atoms with Crippen molar-refractivity contribution < 1.29 is 13.2 Å². The first-order valence-corrected chi connectivity index (χ1v) is 13.3. The molecule has 32 heavy (non-hydrogen) atoms. The molecule has 2 heterocycles. The molecule has 0 spiro atoms. The summed E-state index contributed by atoms with van der Waals surface area (Å²) in [5.74, 6) is 1.24. The molecule has 1 aliphatic heterocycles. The molecule has 0 atom stereocenters. The van der Waals surface area contributed by atoms with Crippen LogP contribution in [0.15, 0.2) is 52.1 Å². The minimum atomic E-state index is -3.51. The monoisotopic (exact) mass is 521 g/mol. The maximum Gasteiger partial charge on any atom is 0.240 e. The minimum Gasteiger partial charge on any atom is -0.339 e. The summed E-state index contributed by atoms with van der Waals surface area (Å²) in [6.45, 7) is 3.26. The molecule has 1 saturated carbocycles. The van der Waals surface area contributed by atoms with E-state index in [4.69, 9.17) is 0 Å². The van der Waals surface area contributed by atoms with E-state index in [0.29, 0.717) is 25.6 Å². The number of piperazine rings is 1. The van der Waals surface area contributed by atoms with Gasteiger partial charge < -0.3 is 9.80 Å². The zero-order valence-corrected chi connectivity index (χ0v) is 20.3. The summed E-state index contributed by atoms with van der Waals surface area (Å²) in [5, 5.41) is 0. The van der Waals surface area contributed by atoms with E-state index in [2.05, 4.69) is 35.5 Å². The van der Waals surface area contributed by atoms with Crippen molar-refractivity contribution in [3.8, 4) is 0 Å². The molecule has 2 fully saturated rings. The normalized spacial score (nSPS) is 22.0. The van der Waals surface area contributed by atoms with Crippen LogP contribution in [-0.2, 0) is 14.8 Å². The molecule has 0 radical (unpaired) electrons. The summed E-state index contributed by atoms with van der Waals surface area (Å²) in [4.78, 5) is 25.9. The Morgan fingerprint density at radius 3 is 2.25 bits per heavy atom. The fourth-order valence-corrected chi connectivity index (χ4v) is 5.76. The molecule has 172 valence electrons. The lowest BCUT2D eigenvalue weighted by Gasteiger charge is -2.37. The van der Waals surface area contributed by atoms with Gasteiger partial charge in [-0.2, -0.15) is 0 Å². The zero-order valence-electron chi connectivity index (χ0n) is 17.9. The van der Waals surface area contributed by atoms with Crippen LogP contribution in [0, 0.1) is 11.8 Å². The van der Waals surface area contributed by atoms with Gasteiger partial charge in [-0.15, -0.1) is 0 Å². The molecule has 1 aliphatic carbocycles. The van der Waals surface area contributed by atoms with Crippen molar-refractivity contribution in [3.63, 3.8) is 0 Å². The van der Waals surface area contributed by atoms with E-state index in [-0.39, 0.29) is 22.6 Å². The Balaban J connectivity index is 1.21. The SMILES string of the molecule is O=C(C1CCC(CNS(=O)(=O)c2ccc(Br)cc2)CC1)N1CCN(c2ncccn2)CC1. The fourth-order valence-electron chi connectivity index (χ4n) is 4.38. The summed E-state index contributed by atoms with van der Waals surface area (Å²) in [6, 6.07) is 8.42.